The summed E-state index contributed by atoms with van der Waals surface area (Å²) in [7, 11) is 3.02. The first-order valence-electron chi connectivity index (χ1n) is 9.50. The predicted octanol–water partition coefficient (Wildman–Crippen LogP) is 4.12. The lowest BCUT2D eigenvalue weighted by atomic mass is 10.0. The quantitative estimate of drug-likeness (QED) is 0.599. The first-order valence-corrected chi connectivity index (χ1v) is 10.3. The molecule has 30 heavy (non-hydrogen) atoms. The van der Waals surface area contributed by atoms with E-state index < -0.39 is 6.04 Å². The van der Waals surface area contributed by atoms with Crippen LogP contribution < -0.4 is 20.1 Å². The molecule has 0 aliphatic carbocycles. The van der Waals surface area contributed by atoms with Crippen LogP contribution in [0.15, 0.2) is 36.4 Å². The lowest BCUT2D eigenvalue weighted by Gasteiger charge is -2.22. The molecule has 0 spiro atoms. The minimum atomic E-state index is -0.699. The van der Waals surface area contributed by atoms with Gasteiger partial charge in [0.25, 0.3) is 5.91 Å². The molecular weight excluding hydrogens is 427 g/mol. The average Bonchev–Trinajstić information content (AvgIpc) is 2.72. The van der Waals surface area contributed by atoms with Crippen molar-refractivity contribution in [3.8, 4) is 11.5 Å². The summed E-state index contributed by atoms with van der Waals surface area (Å²) < 4.78 is 10.4. The Kier molecular flexibility index (Phi) is 8.81. The summed E-state index contributed by atoms with van der Waals surface area (Å²) in [5, 5.41) is 6.77. The molecular formula is C22H26Cl2N2O4. The number of methoxy groups -OCH3 is 2. The fourth-order valence-corrected chi connectivity index (χ4v) is 3.36. The number of ether oxygens (including phenoxy) is 2. The van der Waals surface area contributed by atoms with Crippen LogP contribution in [0.2, 0.25) is 10.0 Å². The van der Waals surface area contributed by atoms with Crippen molar-refractivity contribution >= 4 is 35.0 Å². The van der Waals surface area contributed by atoms with E-state index in [1.807, 2.05) is 19.9 Å². The zero-order valence-corrected chi connectivity index (χ0v) is 18.9. The molecule has 0 radical (unpaired) electrons. The number of benzene rings is 2. The van der Waals surface area contributed by atoms with E-state index >= 15 is 0 Å². The summed E-state index contributed by atoms with van der Waals surface area (Å²) in [6, 6.07) is 9.41. The molecule has 0 fully saturated rings. The third kappa shape index (κ3) is 6.54. The Balaban J connectivity index is 2.02. The van der Waals surface area contributed by atoms with Gasteiger partial charge in [-0.15, -0.1) is 0 Å². The van der Waals surface area contributed by atoms with Crippen molar-refractivity contribution in [2.45, 2.75) is 26.3 Å². The van der Waals surface area contributed by atoms with Crippen LogP contribution in [0.1, 0.15) is 29.8 Å². The number of carbonyl (C=O) groups is 2. The maximum atomic E-state index is 12.7. The second-order valence-corrected chi connectivity index (χ2v) is 7.92. The molecule has 0 saturated heterocycles. The fraction of sp³-hybridized carbons (Fsp3) is 0.364. The molecule has 0 aliphatic rings. The van der Waals surface area contributed by atoms with Crippen molar-refractivity contribution in [2.24, 2.45) is 5.92 Å². The topological polar surface area (TPSA) is 76.7 Å². The Morgan fingerprint density at radius 3 is 2.17 bits per heavy atom. The highest BCUT2D eigenvalue weighted by atomic mass is 35.5. The van der Waals surface area contributed by atoms with Crippen LogP contribution in [0.4, 0.5) is 0 Å². The normalized spacial score (nSPS) is 11.7. The molecule has 0 saturated carbocycles. The summed E-state index contributed by atoms with van der Waals surface area (Å²) in [6.07, 6.45) is 0.549. The van der Waals surface area contributed by atoms with Gasteiger partial charge >= 0.3 is 0 Å². The zero-order chi connectivity index (χ0) is 22.3. The number of nitrogens with one attached hydrogen (secondary N) is 2. The second kappa shape index (κ2) is 11.1. The number of halogens is 2. The Bertz CT molecular complexity index is 880. The lowest BCUT2D eigenvalue weighted by molar-refractivity contribution is -0.123. The van der Waals surface area contributed by atoms with Crippen LogP contribution in [0.3, 0.4) is 0 Å². The van der Waals surface area contributed by atoms with Crippen molar-refractivity contribution in [1.82, 2.24) is 10.6 Å². The van der Waals surface area contributed by atoms with Crippen molar-refractivity contribution in [3.05, 3.63) is 57.6 Å². The van der Waals surface area contributed by atoms with Crippen molar-refractivity contribution in [1.29, 1.82) is 0 Å². The van der Waals surface area contributed by atoms with E-state index in [0.29, 0.717) is 40.1 Å². The highest BCUT2D eigenvalue weighted by Gasteiger charge is 2.25. The summed E-state index contributed by atoms with van der Waals surface area (Å²) in [5.41, 5.74) is 1.23. The minimum absolute atomic E-state index is 0.111. The van der Waals surface area contributed by atoms with Crippen LogP contribution in [-0.2, 0) is 11.2 Å². The molecule has 0 aliphatic heterocycles. The molecule has 2 amide bonds. The molecule has 1 unspecified atom stereocenters. The number of rotatable bonds is 9. The smallest absolute Gasteiger partial charge is 0.252 e. The van der Waals surface area contributed by atoms with E-state index in [4.69, 9.17) is 32.7 Å². The number of amides is 2. The molecule has 8 heteroatoms. The van der Waals surface area contributed by atoms with E-state index in [-0.39, 0.29) is 17.7 Å². The van der Waals surface area contributed by atoms with Gasteiger partial charge in [0.05, 0.1) is 14.2 Å². The Labute approximate surface area is 186 Å². The van der Waals surface area contributed by atoms with Crippen molar-refractivity contribution < 1.29 is 19.1 Å². The molecule has 6 nitrogen and oxygen atoms in total. The number of carbonyl (C=O) groups excluding carboxylic acids is 2. The maximum absolute atomic E-state index is 12.7. The molecule has 2 rings (SSSR count). The summed E-state index contributed by atoms with van der Waals surface area (Å²) in [4.78, 5) is 25.4. The van der Waals surface area contributed by atoms with E-state index in [2.05, 4.69) is 10.6 Å². The first kappa shape index (κ1) is 23.8. The second-order valence-electron chi connectivity index (χ2n) is 7.07. The third-order valence-corrected chi connectivity index (χ3v) is 5.14. The molecule has 2 aromatic rings. The number of hydrogen-bond donors (Lipinski definition) is 2. The van der Waals surface area contributed by atoms with Crippen LogP contribution >= 0.6 is 23.2 Å². The number of hydrogen-bond acceptors (Lipinski definition) is 4. The van der Waals surface area contributed by atoms with Gasteiger partial charge in [-0.1, -0.05) is 43.1 Å². The van der Waals surface area contributed by atoms with Crippen LogP contribution in [0.25, 0.3) is 0 Å². The molecule has 0 bridgehead atoms. The largest absolute Gasteiger partial charge is 0.497 e. The minimum Gasteiger partial charge on any atom is -0.497 e. The maximum Gasteiger partial charge on any atom is 0.252 e. The standard InChI is InChI=1S/C22H26Cl2N2O4/c1-13(2)20(22(28)25-8-7-14-5-6-16(23)11-19(14)24)26-21(27)15-9-17(29-3)12-18(10-15)30-4/h5-6,9-13,20H,7-8H2,1-4H3,(H,25,28)(H,26,27). The Morgan fingerprint density at radius 1 is 1.00 bits per heavy atom. The Hall–Kier alpha value is -2.44. The van der Waals surface area contributed by atoms with E-state index in [0.717, 1.165) is 5.56 Å². The molecule has 0 aromatic heterocycles. The molecule has 162 valence electrons. The fourth-order valence-electron chi connectivity index (χ4n) is 2.85. The lowest BCUT2D eigenvalue weighted by Crippen LogP contribution is -2.50. The zero-order valence-electron chi connectivity index (χ0n) is 17.4. The van der Waals surface area contributed by atoms with E-state index in [1.165, 1.54) is 14.2 Å². The Morgan fingerprint density at radius 2 is 1.63 bits per heavy atom. The molecule has 2 aromatic carbocycles. The van der Waals surface area contributed by atoms with Gasteiger partial charge in [0, 0.05) is 28.2 Å². The predicted molar refractivity (Wildman–Crippen MR) is 119 cm³/mol. The molecule has 0 heterocycles. The van der Waals surface area contributed by atoms with Crippen LogP contribution in [0.5, 0.6) is 11.5 Å². The van der Waals surface area contributed by atoms with Gasteiger partial charge in [-0.2, -0.15) is 0 Å². The van der Waals surface area contributed by atoms with Crippen LogP contribution in [0, 0.1) is 5.92 Å². The van der Waals surface area contributed by atoms with Gasteiger partial charge in [0.1, 0.15) is 17.5 Å². The van der Waals surface area contributed by atoms with E-state index in [9.17, 15) is 9.59 Å². The molecule has 2 N–H and O–H groups in total. The SMILES string of the molecule is COc1cc(OC)cc(C(=O)NC(C(=O)NCCc2ccc(Cl)cc2Cl)C(C)C)c1. The van der Waals surface area contributed by atoms with Crippen LogP contribution in [-0.4, -0.2) is 38.6 Å². The highest BCUT2D eigenvalue weighted by molar-refractivity contribution is 6.35. The van der Waals surface area contributed by atoms with Gasteiger partial charge in [-0.3, -0.25) is 9.59 Å². The van der Waals surface area contributed by atoms with Gasteiger partial charge in [-0.05, 0) is 42.2 Å². The van der Waals surface area contributed by atoms with Gasteiger partial charge in [-0.25, -0.2) is 0 Å². The first-order chi connectivity index (χ1) is 14.2. The summed E-state index contributed by atoms with van der Waals surface area (Å²) >= 11 is 12.1. The highest BCUT2D eigenvalue weighted by Crippen LogP contribution is 2.23. The van der Waals surface area contributed by atoms with Crippen molar-refractivity contribution in [3.63, 3.8) is 0 Å². The third-order valence-electron chi connectivity index (χ3n) is 4.56. The summed E-state index contributed by atoms with van der Waals surface area (Å²) in [5.74, 6) is 0.218. The summed E-state index contributed by atoms with van der Waals surface area (Å²) in [6.45, 7) is 4.12. The van der Waals surface area contributed by atoms with Crippen molar-refractivity contribution in [2.75, 3.05) is 20.8 Å². The monoisotopic (exact) mass is 452 g/mol. The molecule has 1 atom stereocenters. The van der Waals surface area contributed by atoms with E-state index in [1.54, 1.807) is 30.3 Å². The van der Waals surface area contributed by atoms with Gasteiger partial charge in [0.2, 0.25) is 5.91 Å². The van der Waals surface area contributed by atoms with Gasteiger partial charge in [0.15, 0.2) is 0 Å². The average molecular weight is 453 g/mol. The van der Waals surface area contributed by atoms with Gasteiger partial charge < -0.3 is 20.1 Å².